The van der Waals surface area contributed by atoms with Gasteiger partial charge in [0.1, 0.15) is 11.5 Å². The first-order valence-corrected chi connectivity index (χ1v) is 5.67. The zero-order valence-corrected chi connectivity index (χ0v) is 10.3. The number of aryl methyl sites for hydroxylation is 2. The number of nitrogens with two attached hydrogens (primary N) is 1. The Morgan fingerprint density at radius 1 is 1.44 bits per heavy atom. The number of nitrogens with zero attached hydrogens (tertiary/aromatic N) is 3. The lowest BCUT2D eigenvalue weighted by atomic mass is 10.3. The minimum atomic E-state index is -0.303. The average molecular weight is 245 g/mol. The molecule has 0 saturated carbocycles. The summed E-state index contributed by atoms with van der Waals surface area (Å²) in [5.74, 6) is 0.192. The van der Waals surface area contributed by atoms with Crippen LogP contribution in [0.25, 0.3) is 0 Å². The summed E-state index contributed by atoms with van der Waals surface area (Å²) in [5.41, 5.74) is 7.49. The molecule has 0 aliphatic heterocycles. The molecule has 0 unspecified atom stereocenters. The lowest BCUT2D eigenvalue weighted by Crippen LogP contribution is -2.19. The molecule has 2 heterocycles. The molecule has 2 aromatic heterocycles. The Labute approximate surface area is 105 Å². The van der Waals surface area contributed by atoms with Crippen LogP contribution in [0, 0.1) is 6.92 Å². The van der Waals surface area contributed by atoms with Gasteiger partial charge >= 0.3 is 0 Å². The minimum Gasteiger partial charge on any atom is -0.396 e. The molecule has 6 heteroatoms. The third-order valence-corrected chi connectivity index (χ3v) is 2.54. The van der Waals surface area contributed by atoms with Gasteiger partial charge in [-0.25, -0.2) is 4.98 Å². The van der Waals surface area contributed by atoms with Gasteiger partial charge in [-0.2, -0.15) is 5.10 Å². The lowest BCUT2D eigenvalue weighted by Gasteiger charge is -2.07. The van der Waals surface area contributed by atoms with Gasteiger partial charge in [-0.1, -0.05) is 6.07 Å². The van der Waals surface area contributed by atoms with E-state index in [2.05, 4.69) is 15.4 Å². The molecule has 0 bridgehead atoms. The van der Waals surface area contributed by atoms with E-state index in [1.54, 1.807) is 16.9 Å². The summed E-state index contributed by atoms with van der Waals surface area (Å²) in [6.07, 6.45) is 3.16. The molecule has 6 nitrogen and oxygen atoms in total. The first-order valence-electron chi connectivity index (χ1n) is 5.67. The molecule has 2 rings (SSSR count). The maximum Gasteiger partial charge on any atom is 0.277 e. The van der Waals surface area contributed by atoms with E-state index in [4.69, 9.17) is 5.73 Å². The molecular formula is C12H15N5O. The number of aromatic nitrogens is 3. The Bertz CT molecular complexity index is 558. The van der Waals surface area contributed by atoms with Crippen LogP contribution in [0.15, 0.2) is 24.5 Å². The standard InChI is InChI=1S/C12H15N5O/c1-3-17-11(9(13)7-15-17)12(18)16-10-5-4-8(2)6-14-10/h4-7H,3,13H2,1-2H3,(H,14,16,18). The van der Waals surface area contributed by atoms with E-state index in [9.17, 15) is 4.79 Å². The van der Waals surface area contributed by atoms with Crippen molar-refractivity contribution in [3.8, 4) is 0 Å². The molecule has 1 amide bonds. The molecule has 2 aromatic rings. The molecule has 18 heavy (non-hydrogen) atoms. The van der Waals surface area contributed by atoms with Crippen molar-refractivity contribution in [1.82, 2.24) is 14.8 Å². The summed E-state index contributed by atoms with van der Waals surface area (Å²) in [7, 11) is 0. The van der Waals surface area contributed by atoms with Gasteiger partial charge in [0.2, 0.25) is 0 Å². The number of nitrogen functional groups attached to an aromatic ring is 1. The smallest absolute Gasteiger partial charge is 0.277 e. The van der Waals surface area contributed by atoms with Gasteiger partial charge in [0.05, 0.1) is 11.9 Å². The van der Waals surface area contributed by atoms with Crippen LogP contribution in [0.5, 0.6) is 0 Å². The summed E-state index contributed by atoms with van der Waals surface area (Å²) in [6.45, 7) is 4.41. The fraction of sp³-hybridized carbons (Fsp3) is 0.250. The predicted octanol–water partition coefficient (Wildman–Crippen LogP) is 1.44. The van der Waals surface area contributed by atoms with Crippen molar-refractivity contribution >= 4 is 17.4 Å². The van der Waals surface area contributed by atoms with E-state index >= 15 is 0 Å². The summed E-state index contributed by atoms with van der Waals surface area (Å²) >= 11 is 0. The van der Waals surface area contributed by atoms with Crippen molar-refractivity contribution in [2.75, 3.05) is 11.1 Å². The average Bonchev–Trinajstić information content (AvgIpc) is 2.73. The van der Waals surface area contributed by atoms with Crippen LogP contribution < -0.4 is 11.1 Å². The molecule has 0 aromatic carbocycles. The zero-order chi connectivity index (χ0) is 13.1. The van der Waals surface area contributed by atoms with Crippen molar-refractivity contribution < 1.29 is 4.79 Å². The quantitative estimate of drug-likeness (QED) is 0.856. The van der Waals surface area contributed by atoms with Crippen LogP contribution in [-0.2, 0) is 6.54 Å². The van der Waals surface area contributed by atoms with Crippen LogP contribution in [0.2, 0.25) is 0 Å². The number of pyridine rings is 1. The number of hydrogen-bond acceptors (Lipinski definition) is 4. The fourth-order valence-electron chi connectivity index (χ4n) is 1.61. The van der Waals surface area contributed by atoms with Crippen LogP contribution >= 0.6 is 0 Å². The highest BCUT2D eigenvalue weighted by atomic mass is 16.2. The molecule has 0 aliphatic rings. The second-order valence-electron chi connectivity index (χ2n) is 3.94. The van der Waals surface area contributed by atoms with Gasteiger partial charge in [0, 0.05) is 12.7 Å². The van der Waals surface area contributed by atoms with E-state index in [1.165, 1.54) is 6.20 Å². The maximum absolute atomic E-state index is 12.1. The van der Waals surface area contributed by atoms with Gasteiger partial charge in [0.15, 0.2) is 0 Å². The number of anilines is 2. The Balaban J connectivity index is 2.21. The third kappa shape index (κ3) is 2.32. The van der Waals surface area contributed by atoms with Crippen LogP contribution in [0.1, 0.15) is 23.0 Å². The van der Waals surface area contributed by atoms with Gasteiger partial charge in [-0.3, -0.25) is 9.48 Å². The van der Waals surface area contributed by atoms with Gasteiger partial charge in [0.25, 0.3) is 5.91 Å². The van der Waals surface area contributed by atoms with Crippen LogP contribution in [0.3, 0.4) is 0 Å². The molecule has 0 spiro atoms. The van der Waals surface area contributed by atoms with E-state index in [0.717, 1.165) is 5.56 Å². The minimum absolute atomic E-state index is 0.303. The highest BCUT2D eigenvalue weighted by Crippen LogP contribution is 2.13. The lowest BCUT2D eigenvalue weighted by molar-refractivity contribution is 0.101. The molecular weight excluding hydrogens is 230 g/mol. The first kappa shape index (κ1) is 12.1. The highest BCUT2D eigenvalue weighted by Gasteiger charge is 2.16. The van der Waals surface area contributed by atoms with Gasteiger partial charge < -0.3 is 11.1 Å². The summed E-state index contributed by atoms with van der Waals surface area (Å²) in [6, 6.07) is 3.62. The number of carbonyl (C=O) groups is 1. The number of nitrogens with one attached hydrogen (secondary N) is 1. The summed E-state index contributed by atoms with van der Waals surface area (Å²) < 4.78 is 1.55. The summed E-state index contributed by atoms with van der Waals surface area (Å²) in [4.78, 5) is 16.2. The van der Waals surface area contributed by atoms with Crippen molar-refractivity contribution in [3.63, 3.8) is 0 Å². The number of amides is 1. The second kappa shape index (κ2) is 4.87. The third-order valence-electron chi connectivity index (χ3n) is 2.54. The predicted molar refractivity (Wildman–Crippen MR) is 69.2 cm³/mol. The molecule has 0 fully saturated rings. The molecule has 0 saturated heterocycles. The second-order valence-corrected chi connectivity index (χ2v) is 3.94. The van der Waals surface area contributed by atoms with Crippen LogP contribution in [-0.4, -0.2) is 20.7 Å². The van der Waals surface area contributed by atoms with Crippen molar-refractivity contribution in [1.29, 1.82) is 0 Å². The zero-order valence-electron chi connectivity index (χ0n) is 10.3. The van der Waals surface area contributed by atoms with Crippen molar-refractivity contribution in [2.24, 2.45) is 0 Å². The number of hydrogen-bond donors (Lipinski definition) is 2. The molecule has 0 aliphatic carbocycles. The normalized spacial score (nSPS) is 10.3. The molecule has 94 valence electrons. The first-order chi connectivity index (χ1) is 8.61. The largest absolute Gasteiger partial charge is 0.396 e. The molecule has 3 N–H and O–H groups in total. The van der Waals surface area contributed by atoms with E-state index in [-0.39, 0.29) is 5.91 Å². The fourth-order valence-corrected chi connectivity index (χ4v) is 1.61. The Morgan fingerprint density at radius 2 is 2.22 bits per heavy atom. The monoisotopic (exact) mass is 245 g/mol. The molecule has 0 radical (unpaired) electrons. The van der Waals surface area contributed by atoms with E-state index in [1.807, 2.05) is 19.9 Å². The van der Waals surface area contributed by atoms with Crippen molar-refractivity contribution in [2.45, 2.75) is 20.4 Å². The highest BCUT2D eigenvalue weighted by molar-refractivity contribution is 6.05. The number of rotatable bonds is 3. The molecule has 0 atom stereocenters. The SMILES string of the molecule is CCn1ncc(N)c1C(=O)Nc1ccc(C)cn1. The number of carbonyl (C=O) groups excluding carboxylic acids is 1. The summed E-state index contributed by atoms with van der Waals surface area (Å²) in [5, 5.41) is 6.72. The van der Waals surface area contributed by atoms with Crippen molar-refractivity contribution in [3.05, 3.63) is 35.8 Å². The maximum atomic E-state index is 12.1. The Kier molecular flexibility index (Phi) is 3.27. The topological polar surface area (TPSA) is 85.8 Å². The van der Waals surface area contributed by atoms with E-state index in [0.29, 0.717) is 23.7 Å². The van der Waals surface area contributed by atoms with Crippen LogP contribution in [0.4, 0.5) is 11.5 Å². The Hall–Kier alpha value is -2.37. The van der Waals surface area contributed by atoms with E-state index < -0.39 is 0 Å². The Morgan fingerprint density at radius 3 is 2.83 bits per heavy atom. The van der Waals surface area contributed by atoms with Gasteiger partial charge in [-0.05, 0) is 25.5 Å². The van der Waals surface area contributed by atoms with Gasteiger partial charge in [-0.15, -0.1) is 0 Å².